The SMILES string of the molecule is CC1CNCCC1NC(=O)c1ccc(Oc2cccc(Br)c2)cc1.Cl. The number of carbonyl (C=O) groups is 1. The second-order valence-electron chi connectivity index (χ2n) is 6.13. The lowest BCUT2D eigenvalue weighted by Crippen LogP contribution is -2.48. The Balaban J connectivity index is 0.00000225. The van der Waals surface area contributed by atoms with Crippen LogP contribution in [-0.2, 0) is 0 Å². The molecule has 1 aliphatic rings. The van der Waals surface area contributed by atoms with Gasteiger partial charge in [-0.1, -0.05) is 28.9 Å². The van der Waals surface area contributed by atoms with Crippen LogP contribution in [0.1, 0.15) is 23.7 Å². The number of rotatable bonds is 4. The summed E-state index contributed by atoms with van der Waals surface area (Å²) >= 11 is 3.42. The highest BCUT2D eigenvalue weighted by Crippen LogP contribution is 2.24. The second-order valence-corrected chi connectivity index (χ2v) is 7.05. The summed E-state index contributed by atoms with van der Waals surface area (Å²) in [6, 6.07) is 15.1. The molecule has 1 saturated heterocycles. The fourth-order valence-corrected chi connectivity index (χ4v) is 3.20. The quantitative estimate of drug-likeness (QED) is 0.764. The van der Waals surface area contributed by atoms with E-state index >= 15 is 0 Å². The molecule has 2 N–H and O–H groups in total. The Hall–Kier alpha value is -1.56. The molecule has 2 atom stereocenters. The van der Waals surface area contributed by atoms with Gasteiger partial charge in [0.15, 0.2) is 0 Å². The molecule has 0 radical (unpaired) electrons. The van der Waals surface area contributed by atoms with Gasteiger partial charge in [0.25, 0.3) is 5.91 Å². The van der Waals surface area contributed by atoms with Crippen molar-refractivity contribution in [3.05, 3.63) is 58.6 Å². The largest absolute Gasteiger partial charge is 0.457 e. The summed E-state index contributed by atoms with van der Waals surface area (Å²) in [7, 11) is 0. The summed E-state index contributed by atoms with van der Waals surface area (Å²) in [5.41, 5.74) is 0.655. The zero-order valence-electron chi connectivity index (χ0n) is 14.0. The fourth-order valence-electron chi connectivity index (χ4n) is 2.82. The molecule has 2 unspecified atom stereocenters. The molecule has 134 valence electrons. The summed E-state index contributed by atoms with van der Waals surface area (Å²) < 4.78 is 6.76. The first kappa shape index (κ1) is 19.8. The van der Waals surface area contributed by atoms with Gasteiger partial charge in [0.1, 0.15) is 11.5 Å². The van der Waals surface area contributed by atoms with Crippen LogP contribution in [0.2, 0.25) is 0 Å². The standard InChI is InChI=1S/C19H21BrN2O2.ClH/c1-13-12-21-10-9-18(13)22-19(23)14-5-7-16(8-6-14)24-17-4-2-3-15(20)11-17;/h2-8,11,13,18,21H,9-10,12H2,1H3,(H,22,23);1H. The number of hydrogen-bond acceptors (Lipinski definition) is 3. The van der Waals surface area contributed by atoms with Crippen LogP contribution in [0.4, 0.5) is 0 Å². The predicted molar refractivity (Wildman–Crippen MR) is 106 cm³/mol. The molecule has 0 spiro atoms. The minimum atomic E-state index is -0.0252. The Bertz CT molecular complexity index is 709. The van der Waals surface area contributed by atoms with E-state index in [-0.39, 0.29) is 24.4 Å². The van der Waals surface area contributed by atoms with Crippen molar-refractivity contribution in [3.63, 3.8) is 0 Å². The average molecular weight is 426 g/mol. The van der Waals surface area contributed by atoms with Gasteiger partial charge < -0.3 is 15.4 Å². The van der Waals surface area contributed by atoms with Crippen molar-refractivity contribution in [2.75, 3.05) is 13.1 Å². The Labute approximate surface area is 162 Å². The van der Waals surface area contributed by atoms with Gasteiger partial charge in [-0.2, -0.15) is 0 Å². The van der Waals surface area contributed by atoms with Gasteiger partial charge in [-0.05, 0) is 67.9 Å². The summed E-state index contributed by atoms with van der Waals surface area (Å²) in [5.74, 6) is 1.88. The molecule has 0 aromatic heterocycles. The highest BCUT2D eigenvalue weighted by molar-refractivity contribution is 9.10. The summed E-state index contributed by atoms with van der Waals surface area (Å²) in [5, 5.41) is 6.48. The number of hydrogen-bond donors (Lipinski definition) is 2. The Kier molecular flexibility index (Phi) is 7.29. The number of nitrogens with one attached hydrogen (secondary N) is 2. The number of benzene rings is 2. The maximum atomic E-state index is 12.4. The maximum Gasteiger partial charge on any atom is 0.251 e. The van der Waals surface area contributed by atoms with E-state index in [1.165, 1.54) is 0 Å². The van der Waals surface area contributed by atoms with E-state index < -0.39 is 0 Å². The number of piperidine rings is 1. The molecule has 25 heavy (non-hydrogen) atoms. The molecular weight excluding hydrogens is 404 g/mol. The highest BCUT2D eigenvalue weighted by atomic mass is 79.9. The van der Waals surface area contributed by atoms with Gasteiger partial charge in [-0.15, -0.1) is 12.4 Å². The minimum Gasteiger partial charge on any atom is -0.457 e. The van der Waals surface area contributed by atoms with E-state index in [0.29, 0.717) is 17.2 Å². The van der Waals surface area contributed by atoms with Crippen molar-refractivity contribution in [2.24, 2.45) is 5.92 Å². The first-order chi connectivity index (χ1) is 11.6. The molecular formula is C19H22BrClN2O2. The molecule has 6 heteroatoms. The summed E-state index contributed by atoms with van der Waals surface area (Å²) in [6.07, 6.45) is 0.969. The number of ether oxygens (including phenoxy) is 1. The molecule has 1 aliphatic heterocycles. The zero-order valence-corrected chi connectivity index (χ0v) is 16.4. The molecule has 0 saturated carbocycles. The Morgan fingerprint density at radius 1 is 1.20 bits per heavy atom. The molecule has 0 bridgehead atoms. The van der Waals surface area contributed by atoms with Crippen molar-refractivity contribution in [1.29, 1.82) is 0 Å². The van der Waals surface area contributed by atoms with Crippen molar-refractivity contribution in [2.45, 2.75) is 19.4 Å². The average Bonchev–Trinajstić information content (AvgIpc) is 2.57. The van der Waals surface area contributed by atoms with Gasteiger partial charge in [0, 0.05) is 16.1 Å². The predicted octanol–water partition coefficient (Wildman–Crippen LogP) is 4.39. The van der Waals surface area contributed by atoms with Crippen LogP contribution in [-0.4, -0.2) is 25.0 Å². The van der Waals surface area contributed by atoms with Gasteiger partial charge in [-0.3, -0.25) is 4.79 Å². The number of amides is 1. The van der Waals surface area contributed by atoms with Crippen molar-refractivity contribution in [1.82, 2.24) is 10.6 Å². The Morgan fingerprint density at radius 3 is 2.64 bits per heavy atom. The van der Waals surface area contributed by atoms with Crippen LogP contribution in [0, 0.1) is 5.92 Å². The van der Waals surface area contributed by atoms with Crippen LogP contribution in [0.15, 0.2) is 53.0 Å². The smallest absolute Gasteiger partial charge is 0.251 e. The molecule has 2 aromatic rings. The maximum absolute atomic E-state index is 12.4. The first-order valence-electron chi connectivity index (χ1n) is 8.17. The Morgan fingerprint density at radius 2 is 1.96 bits per heavy atom. The molecule has 3 rings (SSSR count). The lowest BCUT2D eigenvalue weighted by Gasteiger charge is -2.30. The molecule has 0 aliphatic carbocycles. The fraction of sp³-hybridized carbons (Fsp3) is 0.316. The monoisotopic (exact) mass is 424 g/mol. The van der Waals surface area contributed by atoms with E-state index in [4.69, 9.17) is 4.74 Å². The third-order valence-electron chi connectivity index (χ3n) is 4.25. The van der Waals surface area contributed by atoms with Gasteiger partial charge >= 0.3 is 0 Å². The normalized spacial score (nSPS) is 19.6. The van der Waals surface area contributed by atoms with E-state index in [0.717, 1.165) is 29.7 Å². The lowest BCUT2D eigenvalue weighted by molar-refractivity contribution is 0.0914. The summed E-state index contributed by atoms with van der Waals surface area (Å²) in [6.45, 7) is 4.06. The van der Waals surface area contributed by atoms with Gasteiger partial charge in [0.2, 0.25) is 0 Å². The number of carbonyl (C=O) groups excluding carboxylic acids is 1. The van der Waals surface area contributed by atoms with Crippen LogP contribution in [0.5, 0.6) is 11.5 Å². The van der Waals surface area contributed by atoms with E-state index in [1.807, 2.05) is 36.4 Å². The first-order valence-corrected chi connectivity index (χ1v) is 8.96. The molecule has 4 nitrogen and oxygen atoms in total. The second kappa shape index (κ2) is 9.22. The summed E-state index contributed by atoms with van der Waals surface area (Å²) in [4.78, 5) is 12.4. The minimum absolute atomic E-state index is 0. The topological polar surface area (TPSA) is 50.4 Å². The van der Waals surface area contributed by atoms with Crippen molar-refractivity contribution in [3.8, 4) is 11.5 Å². The third kappa shape index (κ3) is 5.46. The molecule has 2 aromatic carbocycles. The van der Waals surface area contributed by atoms with Crippen LogP contribution >= 0.6 is 28.3 Å². The zero-order chi connectivity index (χ0) is 16.9. The van der Waals surface area contributed by atoms with Gasteiger partial charge in [-0.25, -0.2) is 0 Å². The van der Waals surface area contributed by atoms with Gasteiger partial charge in [0.05, 0.1) is 0 Å². The van der Waals surface area contributed by atoms with E-state index in [2.05, 4.69) is 33.5 Å². The highest BCUT2D eigenvalue weighted by Gasteiger charge is 2.22. The van der Waals surface area contributed by atoms with Crippen LogP contribution < -0.4 is 15.4 Å². The van der Waals surface area contributed by atoms with Crippen molar-refractivity contribution >= 4 is 34.2 Å². The lowest BCUT2D eigenvalue weighted by atomic mass is 9.95. The molecule has 1 fully saturated rings. The van der Waals surface area contributed by atoms with E-state index in [1.54, 1.807) is 12.1 Å². The molecule has 1 heterocycles. The number of halogens is 2. The van der Waals surface area contributed by atoms with E-state index in [9.17, 15) is 4.79 Å². The van der Waals surface area contributed by atoms with Crippen LogP contribution in [0.25, 0.3) is 0 Å². The molecule has 1 amide bonds. The van der Waals surface area contributed by atoms with Crippen LogP contribution in [0.3, 0.4) is 0 Å². The van der Waals surface area contributed by atoms with Crippen molar-refractivity contribution < 1.29 is 9.53 Å². The third-order valence-corrected chi connectivity index (χ3v) is 4.74.